The molecule has 3 amide bonds. The van der Waals surface area contributed by atoms with Crippen molar-refractivity contribution < 1.29 is 23.5 Å². The minimum atomic E-state index is -1.20. The van der Waals surface area contributed by atoms with Crippen LogP contribution in [0.5, 0.6) is 0 Å². The SMILES string of the molecule is CC(C)[C@H]1CN(C[C@H]2CCCN2C(=O)OC(C)(C)C)C(=O)N1c1ccn2ncc(-c3ccc(-c4ncn(COCC[Si](C)(C)C)n4)c(F)c3)c2n1. The smallest absolute Gasteiger partial charge is 0.410 e. The van der Waals surface area contributed by atoms with E-state index in [-0.39, 0.29) is 48.2 Å². The Morgan fingerprint density at radius 3 is 2.63 bits per heavy atom. The summed E-state index contributed by atoms with van der Waals surface area (Å²) in [6.07, 6.45) is 6.28. The topological polar surface area (TPSA) is 123 Å². The van der Waals surface area contributed by atoms with Crippen LogP contribution in [0.4, 0.5) is 19.8 Å². The number of benzene rings is 1. The van der Waals surface area contributed by atoms with Crippen molar-refractivity contribution in [2.75, 3.05) is 31.1 Å². The third-order valence-corrected chi connectivity index (χ3v) is 11.0. The molecule has 13 nitrogen and oxygen atoms in total. The van der Waals surface area contributed by atoms with Gasteiger partial charge in [-0.15, -0.1) is 5.10 Å². The van der Waals surface area contributed by atoms with Crippen molar-refractivity contribution in [3.05, 3.63) is 48.8 Å². The maximum atomic E-state index is 15.6. The van der Waals surface area contributed by atoms with Gasteiger partial charge in [-0.1, -0.05) is 39.6 Å². The number of fused-ring (bicyclic) bond motifs is 1. The summed E-state index contributed by atoms with van der Waals surface area (Å²) in [6.45, 7) is 19.1. The van der Waals surface area contributed by atoms with Crippen molar-refractivity contribution in [2.45, 2.75) is 97.6 Å². The average molecular weight is 720 g/mol. The molecule has 0 spiro atoms. The fraction of sp³-hybridized carbons (Fsp3) is 0.556. The molecule has 0 N–H and O–H groups in total. The van der Waals surface area contributed by atoms with Gasteiger partial charge in [-0.05, 0) is 69.3 Å². The molecule has 1 aromatic carbocycles. The first-order valence-electron chi connectivity index (χ1n) is 17.8. The lowest BCUT2D eigenvalue weighted by Crippen LogP contribution is -2.46. The Morgan fingerprint density at radius 1 is 1.14 bits per heavy atom. The van der Waals surface area contributed by atoms with E-state index < -0.39 is 19.5 Å². The van der Waals surface area contributed by atoms with Gasteiger partial charge in [0, 0.05) is 46.1 Å². The summed E-state index contributed by atoms with van der Waals surface area (Å²) >= 11 is 0. The van der Waals surface area contributed by atoms with E-state index in [1.54, 1.807) is 55.9 Å². The molecule has 2 fully saturated rings. The van der Waals surface area contributed by atoms with Gasteiger partial charge in [0.05, 0.1) is 23.8 Å². The van der Waals surface area contributed by atoms with Gasteiger partial charge in [0.1, 0.15) is 30.3 Å². The molecule has 51 heavy (non-hydrogen) atoms. The number of ether oxygens (including phenoxy) is 2. The van der Waals surface area contributed by atoms with Crippen molar-refractivity contribution in [3.8, 4) is 22.5 Å². The lowest BCUT2D eigenvalue weighted by atomic mass is 10.0. The predicted molar refractivity (Wildman–Crippen MR) is 196 cm³/mol. The summed E-state index contributed by atoms with van der Waals surface area (Å²) < 4.78 is 30.2. The van der Waals surface area contributed by atoms with Crippen LogP contribution in [0.1, 0.15) is 47.5 Å². The molecule has 0 saturated carbocycles. The Balaban J connectivity index is 1.20. The highest BCUT2D eigenvalue weighted by atomic mass is 28.3. The fourth-order valence-corrected chi connectivity index (χ4v) is 7.28. The summed E-state index contributed by atoms with van der Waals surface area (Å²) in [7, 11) is -1.20. The van der Waals surface area contributed by atoms with Gasteiger partial charge in [-0.3, -0.25) is 4.90 Å². The highest BCUT2D eigenvalue weighted by Gasteiger charge is 2.43. The second-order valence-corrected chi connectivity index (χ2v) is 21.7. The zero-order valence-electron chi connectivity index (χ0n) is 31.0. The Kier molecular flexibility index (Phi) is 10.2. The molecule has 0 unspecified atom stereocenters. The summed E-state index contributed by atoms with van der Waals surface area (Å²) in [6, 6.07) is 7.30. The summed E-state index contributed by atoms with van der Waals surface area (Å²) in [5.41, 5.74) is 1.39. The Bertz CT molecular complexity index is 1880. The molecular formula is C36H50FN9O4Si. The minimum Gasteiger partial charge on any atom is -0.444 e. The molecule has 2 atom stereocenters. The lowest BCUT2D eigenvalue weighted by Gasteiger charge is -2.30. The van der Waals surface area contributed by atoms with E-state index >= 15 is 4.39 Å². The Morgan fingerprint density at radius 2 is 1.92 bits per heavy atom. The summed E-state index contributed by atoms with van der Waals surface area (Å²) in [5, 5.41) is 8.89. The molecule has 2 aliphatic heterocycles. The summed E-state index contributed by atoms with van der Waals surface area (Å²) in [5.74, 6) is 0.432. The monoisotopic (exact) mass is 719 g/mol. The molecule has 2 aliphatic rings. The number of amides is 3. The Hall–Kier alpha value is -4.37. The van der Waals surface area contributed by atoms with Crippen LogP contribution in [0, 0.1) is 11.7 Å². The standard InChI is InChI=1S/C36H50FN9O4Si/c1-24(2)30-21-42(20-26-10-9-14-44(26)35(48)50-36(3,4)5)34(47)46(30)31-13-15-45-33(40-31)28(19-39-45)25-11-12-27(29(37)18-25)32-38-22-43(41-32)23-49-16-17-51(6,7)8/h11-13,15,18-19,22,24,26,30H,9-10,14,16-17,20-21,23H2,1-8H3/t26-,30-/m1/s1. The average Bonchev–Trinajstić information content (AvgIpc) is 3.85. The first kappa shape index (κ1) is 36.4. The van der Waals surface area contributed by atoms with E-state index in [2.05, 4.69) is 48.7 Å². The van der Waals surface area contributed by atoms with Crippen LogP contribution in [0.2, 0.25) is 25.7 Å². The molecule has 5 heterocycles. The highest BCUT2D eigenvalue weighted by Crippen LogP contribution is 2.33. The van der Waals surface area contributed by atoms with Gasteiger partial charge in [0.15, 0.2) is 11.5 Å². The third-order valence-electron chi connectivity index (χ3n) is 9.30. The lowest BCUT2D eigenvalue weighted by molar-refractivity contribution is 0.0208. The maximum Gasteiger partial charge on any atom is 0.410 e. The van der Waals surface area contributed by atoms with Gasteiger partial charge in [0.2, 0.25) is 0 Å². The van der Waals surface area contributed by atoms with Crippen LogP contribution in [0.15, 0.2) is 43.0 Å². The molecule has 3 aromatic heterocycles. The van der Waals surface area contributed by atoms with Crippen molar-refractivity contribution in [1.82, 2.24) is 39.2 Å². The number of aromatic nitrogens is 6. The van der Waals surface area contributed by atoms with Crippen molar-refractivity contribution in [3.63, 3.8) is 0 Å². The van der Waals surface area contributed by atoms with Crippen LogP contribution in [-0.4, -0.2) is 103 Å². The van der Waals surface area contributed by atoms with E-state index in [9.17, 15) is 9.59 Å². The molecule has 0 radical (unpaired) electrons. The number of hydrogen-bond acceptors (Lipinski definition) is 8. The number of halogens is 1. The second kappa shape index (κ2) is 14.3. The molecule has 15 heteroatoms. The van der Waals surface area contributed by atoms with Crippen LogP contribution < -0.4 is 4.90 Å². The van der Waals surface area contributed by atoms with E-state index in [1.807, 2.05) is 25.7 Å². The molecular weight excluding hydrogens is 670 g/mol. The van der Waals surface area contributed by atoms with Crippen LogP contribution in [0.3, 0.4) is 0 Å². The second-order valence-electron chi connectivity index (χ2n) is 16.1. The van der Waals surface area contributed by atoms with Gasteiger partial charge >= 0.3 is 12.1 Å². The van der Waals surface area contributed by atoms with Crippen LogP contribution in [-0.2, 0) is 16.2 Å². The van der Waals surface area contributed by atoms with Crippen molar-refractivity contribution in [2.24, 2.45) is 5.92 Å². The molecule has 0 bridgehead atoms. The summed E-state index contributed by atoms with van der Waals surface area (Å²) in [4.78, 5) is 41.6. The molecule has 6 rings (SSSR count). The van der Waals surface area contributed by atoms with Gasteiger partial charge in [0.25, 0.3) is 0 Å². The quantitative estimate of drug-likeness (QED) is 0.123. The van der Waals surface area contributed by atoms with Crippen molar-refractivity contribution in [1.29, 1.82) is 0 Å². The largest absolute Gasteiger partial charge is 0.444 e. The van der Waals surface area contributed by atoms with Gasteiger partial charge < -0.3 is 19.3 Å². The number of anilines is 1. The molecule has 0 aliphatic carbocycles. The van der Waals surface area contributed by atoms with Gasteiger partial charge in [-0.2, -0.15) is 5.10 Å². The van der Waals surface area contributed by atoms with Crippen molar-refractivity contribution >= 4 is 31.7 Å². The number of likely N-dealkylation sites (tertiary alicyclic amines) is 1. The number of carbonyl (C=O) groups is 2. The first-order chi connectivity index (χ1) is 24.1. The number of carbonyl (C=O) groups excluding carboxylic acids is 2. The zero-order valence-corrected chi connectivity index (χ0v) is 32.0. The Labute approximate surface area is 299 Å². The predicted octanol–water partition coefficient (Wildman–Crippen LogP) is 6.77. The third kappa shape index (κ3) is 8.25. The number of nitrogens with zero attached hydrogens (tertiary/aromatic N) is 9. The number of rotatable bonds is 11. The van der Waals surface area contributed by atoms with Gasteiger partial charge in [-0.25, -0.2) is 33.1 Å². The minimum absolute atomic E-state index is 0.122. The molecule has 4 aromatic rings. The van der Waals surface area contributed by atoms with Crippen LogP contribution in [0.25, 0.3) is 28.2 Å². The van der Waals surface area contributed by atoms with E-state index in [4.69, 9.17) is 14.5 Å². The fourth-order valence-electron chi connectivity index (χ4n) is 6.53. The van der Waals surface area contributed by atoms with E-state index in [1.165, 1.54) is 6.07 Å². The maximum absolute atomic E-state index is 15.6. The number of hydrogen-bond donors (Lipinski definition) is 0. The van der Waals surface area contributed by atoms with E-state index in [0.29, 0.717) is 48.8 Å². The van der Waals surface area contributed by atoms with Crippen LogP contribution >= 0.6 is 0 Å². The zero-order chi connectivity index (χ0) is 36.7. The highest BCUT2D eigenvalue weighted by molar-refractivity contribution is 6.76. The molecule has 2 saturated heterocycles. The number of urea groups is 1. The van der Waals surface area contributed by atoms with E-state index in [0.717, 1.165) is 18.9 Å². The first-order valence-corrected chi connectivity index (χ1v) is 21.5. The molecule has 274 valence electrons. The normalized spacial score (nSPS) is 18.5.